The Morgan fingerprint density at radius 3 is 2.40 bits per heavy atom. The van der Waals surface area contributed by atoms with Crippen LogP contribution in [0.15, 0.2) is 30.3 Å². The summed E-state index contributed by atoms with van der Waals surface area (Å²) < 4.78 is 0. The van der Waals surface area contributed by atoms with E-state index in [0.29, 0.717) is 6.42 Å². The fraction of sp³-hybridized carbons (Fsp3) is 0.357. The number of aliphatic carboxylic acids is 2. The molecular weight excluding hydrogens is 262 g/mol. The maximum Gasteiger partial charge on any atom is 0.326 e. The molecule has 0 saturated heterocycles. The van der Waals surface area contributed by atoms with E-state index in [9.17, 15) is 14.4 Å². The van der Waals surface area contributed by atoms with Crippen LogP contribution in [0, 0.1) is 5.92 Å². The zero-order valence-electron chi connectivity index (χ0n) is 10.7. The molecule has 106 valence electrons. The summed E-state index contributed by atoms with van der Waals surface area (Å²) in [6.45, 7) is 0. The highest BCUT2D eigenvalue weighted by Crippen LogP contribution is 2.47. The molecule has 3 atom stereocenters. The van der Waals surface area contributed by atoms with E-state index in [1.807, 2.05) is 30.3 Å². The maximum absolute atomic E-state index is 11.9. The average Bonchev–Trinajstić information content (AvgIpc) is 3.18. The molecule has 1 fully saturated rings. The van der Waals surface area contributed by atoms with Crippen molar-refractivity contribution in [2.45, 2.75) is 24.8 Å². The number of carboxylic acid groups (broad SMARTS) is 2. The summed E-state index contributed by atoms with van der Waals surface area (Å²) in [4.78, 5) is 33.4. The first-order valence-electron chi connectivity index (χ1n) is 6.29. The highest BCUT2D eigenvalue weighted by atomic mass is 16.4. The normalized spacial score (nSPS) is 21.8. The van der Waals surface area contributed by atoms with E-state index >= 15 is 0 Å². The molecule has 1 aliphatic rings. The van der Waals surface area contributed by atoms with Gasteiger partial charge in [0.2, 0.25) is 5.91 Å². The molecule has 6 heteroatoms. The summed E-state index contributed by atoms with van der Waals surface area (Å²) >= 11 is 0. The third kappa shape index (κ3) is 3.34. The summed E-state index contributed by atoms with van der Waals surface area (Å²) in [5, 5.41) is 19.8. The summed E-state index contributed by atoms with van der Waals surface area (Å²) in [6.07, 6.45) is 0.0407. The smallest absolute Gasteiger partial charge is 0.326 e. The lowest BCUT2D eigenvalue weighted by Gasteiger charge is -2.12. The number of carboxylic acids is 2. The fourth-order valence-electron chi connectivity index (χ4n) is 2.21. The van der Waals surface area contributed by atoms with Gasteiger partial charge in [0.25, 0.3) is 0 Å². The standard InChI is InChI=1S/C14H15NO5/c16-12(17)7-11(14(19)20)15-13(18)10-6-9(10)8-4-2-1-3-5-8/h1-5,9-11H,6-7H2,(H,15,18)(H,16,17)(H,19,20)/t9?,10?,11-/m1/s1. The number of nitrogens with one attached hydrogen (secondary N) is 1. The first-order chi connectivity index (χ1) is 9.49. The van der Waals surface area contributed by atoms with E-state index < -0.39 is 30.3 Å². The van der Waals surface area contributed by atoms with Crippen molar-refractivity contribution in [1.82, 2.24) is 5.32 Å². The van der Waals surface area contributed by atoms with Crippen molar-refractivity contribution in [2.75, 3.05) is 0 Å². The molecule has 2 rings (SSSR count). The zero-order chi connectivity index (χ0) is 14.7. The van der Waals surface area contributed by atoms with Crippen LogP contribution in [-0.4, -0.2) is 34.1 Å². The van der Waals surface area contributed by atoms with Crippen LogP contribution in [0.1, 0.15) is 24.3 Å². The fourth-order valence-corrected chi connectivity index (χ4v) is 2.21. The number of benzene rings is 1. The molecule has 0 radical (unpaired) electrons. The second-order valence-electron chi connectivity index (χ2n) is 4.86. The quantitative estimate of drug-likeness (QED) is 0.714. The highest BCUT2D eigenvalue weighted by Gasteiger charge is 2.44. The molecule has 1 aromatic rings. The molecule has 2 unspecified atom stereocenters. The van der Waals surface area contributed by atoms with Crippen LogP contribution in [0.4, 0.5) is 0 Å². The van der Waals surface area contributed by atoms with E-state index in [-0.39, 0.29) is 11.8 Å². The van der Waals surface area contributed by atoms with Gasteiger partial charge in [0, 0.05) is 5.92 Å². The summed E-state index contributed by atoms with van der Waals surface area (Å²) in [5.74, 6) is -3.17. The topological polar surface area (TPSA) is 104 Å². The minimum absolute atomic E-state index is 0.0930. The molecule has 20 heavy (non-hydrogen) atoms. The largest absolute Gasteiger partial charge is 0.481 e. The number of hydrogen-bond acceptors (Lipinski definition) is 3. The van der Waals surface area contributed by atoms with Gasteiger partial charge in [0.15, 0.2) is 0 Å². The predicted octanol–water partition coefficient (Wildman–Crippen LogP) is 0.834. The molecule has 0 bridgehead atoms. The second kappa shape index (κ2) is 5.73. The molecule has 6 nitrogen and oxygen atoms in total. The Kier molecular flexibility index (Phi) is 4.02. The molecule has 3 N–H and O–H groups in total. The van der Waals surface area contributed by atoms with Gasteiger partial charge in [-0.25, -0.2) is 4.79 Å². The molecule has 0 spiro atoms. The van der Waals surface area contributed by atoms with Crippen LogP contribution >= 0.6 is 0 Å². The van der Waals surface area contributed by atoms with Crippen molar-refractivity contribution in [3.05, 3.63) is 35.9 Å². The molecule has 1 amide bonds. The number of carbonyl (C=O) groups excluding carboxylic acids is 1. The van der Waals surface area contributed by atoms with E-state index in [1.165, 1.54) is 0 Å². The van der Waals surface area contributed by atoms with Gasteiger partial charge in [-0.05, 0) is 17.9 Å². The van der Waals surface area contributed by atoms with Crippen LogP contribution in [-0.2, 0) is 14.4 Å². The Morgan fingerprint density at radius 1 is 1.20 bits per heavy atom. The zero-order valence-corrected chi connectivity index (χ0v) is 10.7. The van der Waals surface area contributed by atoms with E-state index in [0.717, 1.165) is 5.56 Å². The Balaban J connectivity index is 1.93. The number of amides is 1. The Morgan fingerprint density at radius 2 is 1.85 bits per heavy atom. The van der Waals surface area contributed by atoms with Gasteiger partial charge in [0.05, 0.1) is 6.42 Å². The van der Waals surface area contributed by atoms with Gasteiger partial charge in [-0.15, -0.1) is 0 Å². The van der Waals surface area contributed by atoms with Crippen molar-refractivity contribution in [3.8, 4) is 0 Å². The maximum atomic E-state index is 11.9. The molecule has 0 aliphatic heterocycles. The van der Waals surface area contributed by atoms with Crippen LogP contribution in [0.25, 0.3) is 0 Å². The molecule has 1 saturated carbocycles. The Bertz CT molecular complexity index is 528. The van der Waals surface area contributed by atoms with Crippen molar-refractivity contribution in [2.24, 2.45) is 5.92 Å². The van der Waals surface area contributed by atoms with Gasteiger partial charge in [0.1, 0.15) is 6.04 Å². The molecule has 1 aliphatic carbocycles. The van der Waals surface area contributed by atoms with E-state index in [1.54, 1.807) is 0 Å². The lowest BCUT2D eigenvalue weighted by atomic mass is 10.1. The highest BCUT2D eigenvalue weighted by molar-refractivity contribution is 5.89. The first-order valence-corrected chi connectivity index (χ1v) is 6.29. The molecule has 0 aromatic heterocycles. The monoisotopic (exact) mass is 277 g/mol. The second-order valence-corrected chi connectivity index (χ2v) is 4.86. The van der Waals surface area contributed by atoms with E-state index in [2.05, 4.69) is 5.32 Å². The summed E-state index contributed by atoms with van der Waals surface area (Å²) in [7, 11) is 0. The van der Waals surface area contributed by atoms with Gasteiger partial charge >= 0.3 is 11.9 Å². The van der Waals surface area contributed by atoms with E-state index in [4.69, 9.17) is 10.2 Å². The third-order valence-corrected chi connectivity index (χ3v) is 3.35. The SMILES string of the molecule is O=C(O)C[C@@H](NC(=O)C1CC1c1ccccc1)C(=O)O. The Hall–Kier alpha value is -2.37. The van der Waals surface area contributed by atoms with Crippen LogP contribution < -0.4 is 5.32 Å². The van der Waals surface area contributed by atoms with Gasteiger partial charge in [-0.1, -0.05) is 30.3 Å². The number of rotatable bonds is 6. The van der Waals surface area contributed by atoms with Crippen molar-refractivity contribution in [3.63, 3.8) is 0 Å². The summed E-state index contributed by atoms with van der Waals surface area (Å²) in [5.41, 5.74) is 1.04. The number of hydrogen-bond donors (Lipinski definition) is 3. The first kappa shape index (κ1) is 14.0. The van der Waals surface area contributed by atoms with Crippen molar-refractivity contribution < 1.29 is 24.6 Å². The minimum atomic E-state index is -1.38. The van der Waals surface area contributed by atoms with Gasteiger partial charge < -0.3 is 15.5 Å². The van der Waals surface area contributed by atoms with Gasteiger partial charge in [-0.3, -0.25) is 9.59 Å². The van der Waals surface area contributed by atoms with Crippen molar-refractivity contribution in [1.29, 1.82) is 0 Å². The average molecular weight is 277 g/mol. The third-order valence-electron chi connectivity index (χ3n) is 3.35. The minimum Gasteiger partial charge on any atom is -0.481 e. The van der Waals surface area contributed by atoms with Crippen LogP contribution in [0.3, 0.4) is 0 Å². The molecule has 1 aromatic carbocycles. The van der Waals surface area contributed by atoms with Gasteiger partial charge in [-0.2, -0.15) is 0 Å². The Labute approximate surface area is 115 Å². The number of carbonyl (C=O) groups is 3. The van der Waals surface area contributed by atoms with Crippen LogP contribution in [0.5, 0.6) is 0 Å². The lowest BCUT2D eigenvalue weighted by Crippen LogP contribution is -2.43. The lowest BCUT2D eigenvalue weighted by molar-refractivity contribution is -0.147. The van der Waals surface area contributed by atoms with Crippen molar-refractivity contribution >= 4 is 17.8 Å². The van der Waals surface area contributed by atoms with Crippen LogP contribution in [0.2, 0.25) is 0 Å². The molecule has 0 heterocycles. The molecular formula is C14H15NO5. The predicted molar refractivity (Wildman–Crippen MR) is 69.1 cm³/mol. The summed E-state index contributed by atoms with van der Waals surface area (Å²) in [6, 6.07) is 8.11.